The van der Waals surface area contributed by atoms with E-state index in [1.807, 2.05) is 6.92 Å². The zero-order valence-electron chi connectivity index (χ0n) is 14.7. The Labute approximate surface area is 156 Å². The van der Waals surface area contributed by atoms with Gasteiger partial charge in [-0.1, -0.05) is 0 Å². The van der Waals surface area contributed by atoms with Gasteiger partial charge in [0.1, 0.15) is 11.9 Å². The monoisotopic (exact) mass is 390 g/mol. The van der Waals surface area contributed by atoms with Crippen LogP contribution in [0.15, 0.2) is 23.1 Å². The number of fused-ring (bicyclic) bond motifs is 1. The van der Waals surface area contributed by atoms with Crippen molar-refractivity contribution in [3.05, 3.63) is 23.8 Å². The maximum absolute atomic E-state index is 12.7. The lowest BCUT2D eigenvalue weighted by atomic mass is 9.80. The number of sulfonamides is 1. The second-order valence-corrected chi connectivity index (χ2v) is 8.68. The number of hydrogen-bond acceptors (Lipinski definition) is 5. The van der Waals surface area contributed by atoms with Crippen LogP contribution in [-0.4, -0.2) is 47.9 Å². The van der Waals surface area contributed by atoms with Gasteiger partial charge in [0.15, 0.2) is 0 Å². The van der Waals surface area contributed by atoms with Crippen LogP contribution in [0.25, 0.3) is 0 Å². The van der Waals surface area contributed by atoms with Crippen LogP contribution < -0.4 is 14.8 Å². The summed E-state index contributed by atoms with van der Waals surface area (Å²) in [6, 6.07) is 5.10. The first kappa shape index (κ1) is 20.5. The summed E-state index contributed by atoms with van der Waals surface area (Å²) < 4.78 is 39.2. The van der Waals surface area contributed by atoms with Crippen LogP contribution in [0.1, 0.15) is 25.3 Å². The van der Waals surface area contributed by atoms with E-state index in [0.29, 0.717) is 18.0 Å². The minimum atomic E-state index is -3.54. The molecule has 0 saturated carbocycles. The highest BCUT2D eigenvalue weighted by atomic mass is 35.5. The summed E-state index contributed by atoms with van der Waals surface area (Å²) in [4.78, 5) is 0.306. The molecule has 2 aliphatic heterocycles. The summed E-state index contributed by atoms with van der Waals surface area (Å²) >= 11 is 0. The topological polar surface area (TPSA) is 76.7 Å². The number of piperidine rings is 1. The van der Waals surface area contributed by atoms with E-state index < -0.39 is 10.0 Å². The van der Waals surface area contributed by atoms with E-state index >= 15 is 0 Å². The van der Waals surface area contributed by atoms with Crippen molar-refractivity contribution in [2.24, 2.45) is 5.41 Å². The molecule has 0 aliphatic carbocycles. The quantitative estimate of drug-likeness (QED) is 0.773. The molecular formula is C17H27ClN2O4S. The molecule has 0 spiro atoms. The maximum atomic E-state index is 12.7. The molecule has 0 amide bonds. The molecule has 0 aromatic heterocycles. The standard InChI is InChI=1S/C17H26N2O4S.ClH/c1-13-9-14-10-15(3-4-16(14)23-13)24(20,21)19-11-17(12-22-2)5-7-18-8-6-17;/h3-4,10,13,18-19H,5-9,11-12H2,1-2H3;1H. The van der Waals surface area contributed by atoms with E-state index in [1.54, 1.807) is 25.3 Å². The third-order valence-corrected chi connectivity index (χ3v) is 6.33. The largest absolute Gasteiger partial charge is 0.490 e. The second-order valence-electron chi connectivity index (χ2n) is 6.91. The average molecular weight is 391 g/mol. The zero-order valence-corrected chi connectivity index (χ0v) is 16.3. The molecular weight excluding hydrogens is 364 g/mol. The van der Waals surface area contributed by atoms with Crippen molar-refractivity contribution in [1.29, 1.82) is 0 Å². The SMILES string of the molecule is COCC1(CNS(=O)(=O)c2ccc3c(c2)CC(C)O3)CCNCC1.Cl. The molecule has 1 unspecified atom stereocenters. The molecule has 1 saturated heterocycles. The van der Waals surface area contributed by atoms with Gasteiger partial charge in [-0.05, 0) is 56.6 Å². The first-order chi connectivity index (χ1) is 11.4. The Morgan fingerprint density at radius 1 is 1.36 bits per heavy atom. The Morgan fingerprint density at radius 2 is 2.08 bits per heavy atom. The van der Waals surface area contributed by atoms with Crippen molar-refractivity contribution >= 4 is 22.4 Å². The Balaban J connectivity index is 0.00000225. The predicted octanol–water partition coefficient (Wildman–Crippen LogP) is 1.73. The van der Waals surface area contributed by atoms with Gasteiger partial charge in [-0.25, -0.2) is 13.1 Å². The molecule has 2 N–H and O–H groups in total. The van der Waals surface area contributed by atoms with Crippen molar-refractivity contribution in [3.8, 4) is 5.75 Å². The summed E-state index contributed by atoms with van der Waals surface area (Å²) in [5.41, 5.74) is 0.820. The Bertz CT molecular complexity index is 684. The van der Waals surface area contributed by atoms with Crippen LogP contribution in [0.3, 0.4) is 0 Å². The fraction of sp³-hybridized carbons (Fsp3) is 0.647. The minimum absolute atomic E-state index is 0. The first-order valence-corrected chi connectivity index (χ1v) is 9.91. The van der Waals surface area contributed by atoms with Crippen LogP contribution in [0.2, 0.25) is 0 Å². The Kier molecular flexibility index (Phi) is 6.73. The van der Waals surface area contributed by atoms with Crippen LogP contribution in [0.5, 0.6) is 5.75 Å². The van der Waals surface area contributed by atoms with Gasteiger partial charge >= 0.3 is 0 Å². The molecule has 1 atom stereocenters. The molecule has 3 rings (SSSR count). The summed E-state index contributed by atoms with van der Waals surface area (Å²) in [5.74, 6) is 0.788. The maximum Gasteiger partial charge on any atom is 0.240 e. The molecule has 0 radical (unpaired) electrons. The number of ether oxygens (including phenoxy) is 2. The third kappa shape index (κ3) is 4.65. The zero-order chi connectivity index (χ0) is 17.2. The van der Waals surface area contributed by atoms with Crippen molar-refractivity contribution < 1.29 is 17.9 Å². The summed E-state index contributed by atoms with van der Waals surface area (Å²) in [6.07, 6.45) is 2.65. The smallest absolute Gasteiger partial charge is 0.240 e. The molecule has 25 heavy (non-hydrogen) atoms. The van der Waals surface area contributed by atoms with Gasteiger partial charge in [-0.3, -0.25) is 0 Å². The fourth-order valence-corrected chi connectivity index (χ4v) is 4.74. The second kappa shape index (κ2) is 8.22. The molecule has 6 nitrogen and oxygen atoms in total. The van der Waals surface area contributed by atoms with Gasteiger partial charge < -0.3 is 14.8 Å². The summed E-state index contributed by atoms with van der Waals surface area (Å²) in [5, 5.41) is 3.31. The highest BCUT2D eigenvalue weighted by Gasteiger charge is 2.34. The highest BCUT2D eigenvalue weighted by Crippen LogP contribution is 2.32. The van der Waals surface area contributed by atoms with Crippen molar-refractivity contribution in [2.75, 3.05) is 33.4 Å². The predicted molar refractivity (Wildman–Crippen MR) is 99.1 cm³/mol. The number of nitrogens with one attached hydrogen (secondary N) is 2. The number of rotatable bonds is 6. The lowest BCUT2D eigenvalue weighted by Gasteiger charge is -2.37. The van der Waals surface area contributed by atoms with Gasteiger partial charge in [0.25, 0.3) is 0 Å². The number of halogens is 1. The van der Waals surface area contributed by atoms with E-state index in [4.69, 9.17) is 9.47 Å². The van der Waals surface area contributed by atoms with E-state index in [0.717, 1.165) is 43.7 Å². The fourth-order valence-electron chi connectivity index (χ4n) is 3.53. The molecule has 0 bridgehead atoms. The molecule has 142 valence electrons. The van der Waals surface area contributed by atoms with Crippen LogP contribution in [-0.2, 0) is 21.2 Å². The van der Waals surface area contributed by atoms with Crippen molar-refractivity contribution in [2.45, 2.75) is 37.2 Å². The van der Waals surface area contributed by atoms with E-state index in [9.17, 15) is 8.42 Å². The van der Waals surface area contributed by atoms with Gasteiger partial charge in [-0.15, -0.1) is 12.4 Å². The number of benzene rings is 1. The molecule has 1 aromatic carbocycles. The van der Waals surface area contributed by atoms with Crippen molar-refractivity contribution in [3.63, 3.8) is 0 Å². The number of methoxy groups -OCH3 is 1. The Morgan fingerprint density at radius 3 is 2.76 bits per heavy atom. The minimum Gasteiger partial charge on any atom is -0.490 e. The lowest BCUT2D eigenvalue weighted by Crippen LogP contribution is -2.47. The van der Waals surface area contributed by atoms with Gasteiger partial charge in [0, 0.05) is 25.5 Å². The number of hydrogen-bond donors (Lipinski definition) is 2. The summed E-state index contributed by atoms with van der Waals surface area (Å²) in [6.45, 7) is 4.72. The highest BCUT2D eigenvalue weighted by molar-refractivity contribution is 7.89. The van der Waals surface area contributed by atoms with Crippen LogP contribution >= 0.6 is 12.4 Å². The normalized spacial score (nSPS) is 21.9. The van der Waals surface area contributed by atoms with Crippen LogP contribution in [0.4, 0.5) is 0 Å². The van der Waals surface area contributed by atoms with Gasteiger partial charge in [-0.2, -0.15) is 0 Å². The first-order valence-electron chi connectivity index (χ1n) is 8.43. The third-order valence-electron chi connectivity index (χ3n) is 4.93. The summed E-state index contributed by atoms with van der Waals surface area (Å²) in [7, 11) is -1.87. The van der Waals surface area contributed by atoms with E-state index in [1.165, 1.54) is 0 Å². The molecule has 2 heterocycles. The van der Waals surface area contributed by atoms with E-state index in [2.05, 4.69) is 10.0 Å². The molecule has 8 heteroatoms. The Hall–Kier alpha value is -0.860. The molecule has 2 aliphatic rings. The van der Waals surface area contributed by atoms with Gasteiger partial charge in [0.2, 0.25) is 10.0 Å². The van der Waals surface area contributed by atoms with Crippen LogP contribution in [0, 0.1) is 5.41 Å². The average Bonchev–Trinajstić information content (AvgIpc) is 2.93. The molecule has 1 fully saturated rings. The van der Waals surface area contributed by atoms with Gasteiger partial charge in [0.05, 0.1) is 11.5 Å². The molecule has 1 aromatic rings. The van der Waals surface area contributed by atoms with E-state index in [-0.39, 0.29) is 23.9 Å². The van der Waals surface area contributed by atoms with Crippen molar-refractivity contribution in [1.82, 2.24) is 10.0 Å². The lowest BCUT2D eigenvalue weighted by molar-refractivity contribution is 0.0577.